The summed E-state index contributed by atoms with van der Waals surface area (Å²) in [4.78, 5) is 14.4. The minimum Gasteiger partial charge on any atom is -0.481 e. The van der Waals surface area contributed by atoms with Crippen molar-refractivity contribution in [2.75, 3.05) is 19.6 Å². The van der Waals surface area contributed by atoms with Gasteiger partial charge in [0.1, 0.15) is 0 Å². The predicted molar refractivity (Wildman–Crippen MR) is 84.2 cm³/mol. The van der Waals surface area contributed by atoms with Crippen molar-refractivity contribution < 1.29 is 9.90 Å². The van der Waals surface area contributed by atoms with Crippen LogP contribution in [0.5, 0.6) is 0 Å². The molecule has 1 N–H and O–H groups in total. The first kappa shape index (κ1) is 15.3. The van der Waals surface area contributed by atoms with Gasteiger partial charge < -0.3 is 10.0 Å². The molecule has 2 unspecified atom stereocenters. The molecule has 2 aliphatic carbocycles. The lowest BCUT2D eigenvalue weighted by Crippen LogP contribution is -2.50. The van der Waals surface area contributed by atoms with Gasteiger partial charge in [-0.05, 0) is 62.8 Å². The van der Waals surface area contributed by atoms with Crippen LogP contribution in [0, 0.1) is 23.2 Å². The molecule has 120 valence electrons. The van der Waals surface area contributed by atoms with Gasteiger partial charge in [0, 0.05) is 13.1 Å². The lowest BCUT2D eigenvalue weighted by molar-refractivity contribution is -0.153. The molecule has 1 saturated heterocycles. The fraction of sp³-hybridized carbons (Fsp3) is 0.944. The molecule has 0 amide bonds. The van der Waals surface area contributed by atoms with E-state index < -0.39 is 11.4 Å². The predicted octanol–water partition coefficient (Wildman–Crippen LogP) is 3.78. The number of piperidine rings is 1. The third-order valence-electron chi connectivity index (χ3n) is 6.59. The van der Waals surface area contributed by atoms with E-state index >= 15 is 0 Å². The van der Waals surface area contributed by atoms with E-state index in [-0.39, 0.29) is 0 Å². The highest BCUT2D eigenvalue weighted by atomic mass is 16.4. The Bertz CT molecular complexity index is 373. The molecule has 3 nitrogen and oxygen atoms in total. The van der Waals surface area contributed by atoms with Crippen LogP contribution in [-0.4, -0.2) is 35.6 Å². The maximum Gasteiger partial charge on any atom is 0.310 e. The lowest BCUT2D eigenvalue weighted by Gasteiger charge is -2.45. The van der Waals surface area contributed by atoms with Crippen LogP contribution in [0.25, 0.3) is 0 Å². The monoisotopic (exact) mass is 293 g/mol. The molecule has 0 bridgehead atoms. The summed E-state index contributed by atoms with van der Waals surface area (Å²) in [5.41, 5.74) is -0.450. The van der Waals surface area contributed by atoms with Gasteiger partial charge in [0.15, 0.2) is 0 Å². The van der Waals surface area contributed by atoms with Crippen LogP contribution in [0.15, 0.2) is 0 Å². The number of carboxylic acids is 1. The number of carboxylic acid groups (broad SMARTS) is 1. The van der Waals surface area contributed by atoms with Gasteiger partial charge >= 0.3 is 5.97 Å². The van der Waals surface area contributed by atoms with E-state index in [1.165, 1.54) is 32.1 Å². The van der Waals surface area contributed by atoms with Crippen molar-refractivity contribution in [3.63, 3.8) is 0 Å². The maximum absolute atomic E-state index is 11.9. The van der Waals surface area contributed by atoms with Gasteiger partial charge in [0.25, 0.3) is 0 Å². The third kappa shape index (κ3) is 3.28. The van der Waals surface area contributed by atoms with Crippen molar-refractivity contribution in [2.45, 2.75) is 64.7 Å². The molecular formula is C18H31NO2. The lowest BCUT2D eigenvalue weighted by atomic mass is 9.69. The molecule has 1 heterocycles. The van der Waals surface area contributed by atoms with Crippen LogP contribution in [-0.2, 0) is 4.79 Å². The zero-order valence-corrected chi connectivity index (χ0v) is 13.5. The first-order valence-corrected chi connectivity index (χ1v) is 9.05. The standard InChI is InChI=1S/C18H31NO2/c1-14-6-9-18(10-7-14,17(20)21)13-19-11-8-15-4-2-3-5-16(15)12-19/h14-16H,2-13H2,1H3,(H,20,21). The Kier molecular flexibility index (Phi) is 4.58. The van der Waals surface area contributed by atoms with Gasteiger partial charge in [-0.25, -0.2) is 0 Å². The molecule has 3 fully saturated rings. The number of rotatable bonds is 3. The Hall–Kier alpha value is -0.570. The summed E-state index contributed by atoms with van der Waals surface area (Å²) in [6, 6.07) is 0. The van der Waals surface area contributed by atoms with Crippen LogP contribution in [0.1, 0.15) is 64.7 Å². The molecule has 21 heavy (non-hydrogen) atoms. The molecule has 3 aliphatic rings. The number of hydrogen-bond donors (Lipinski definition) is 1. The number of nitrogens with zero attached hydrogens (tertiary/aromatic N) is 1. The van der Waals surface area contributed by atoms with Gasteiger partial charge in [0.05, 0.1) is 5.41 Å². The minimum absolute atomic E-state index is 0.450. The van der Waals surface area contributed by atoms with Crippen molar-refractivity contribution in [1.29, 1.82) is 0 Å². The van der Waals surface area contributed by atoms with E-state index in [0.29, 0.717) is 5.92 Å². The quantitative estimate of drug-likeness (QED) is 0.861. The first-order chi connectivity index (χ1) is 10.1. The van der Waals surface area contributed by atoms with E-state index in [1.54, 1.807) is 0 Å². The van der Waals surface area contributed by atoms with E-state index in [2.05, 4.69) is 11.8 Å². The van der Waals surface area contributed by atoms with Crippen molar-refractivity contribution in [3.05, 3.63) is 0 Å². The molecule has 2 saturated carbocycles. The molecule has 3 rings (SSSR count). The number of aliphatic carboxylic acids is 1. The van der Waals surface area contributed by atoms with E-state index in [0.717, 1.165) is 57.2 Å². The second-order valence-corrected chi connectivity index (χ2v) is 8.10. The number of fused-ring (bicyclic) bond motifs is 1. The SMILES string of the molecule is CC1CCC(CN2CCC3CCCCC3C2)(C(=O)O)CC1. The summed E-state index contributed by atoms with van der Waals surface area (Å²) >= 11 is 0. The molecule has 3 heteroatoms. The molecule has 0 radical (unpaired) electrons. The van der Waals surface area contributed by atoms with Crippen LogP contribution < -0.4 is 0 Å². The van der Waals surface area contributed by atoms with E-state index in [1.807, 2.05) is 0 Å². The van der Waals surface area contributed by atoms with Gasteiger partial charge in [-0.3, -0.25) is 4.79 Å². The molecule has 0 aromatic carbocycles. The number of likely N-dealkylation sites (tertiary alicyclic amines) is 1. The van der Waals surface area contributed by atoms with E-state index in [9.17, 15) is 9.90 Å². The summed E-state index contributed by atoms with van der Waals surface area (Å²) in [5.74, 6) is 1.95. The Morgan fingerprint density at radius 2 is 1.76 bits per heavy atom. The van der Waals surface area contributed by atoms with Gasteiger partial charge in [-0.2, -0.15) is 0 Å². The Labute approximate surface area is 129 Å². The Balaban J connectivity index is 1.62. The largest absolute Gasteiger partial charge is 0.481 e. The zero-order chi connectivity index (χ0) is 14.9. The second kappa shape index (κ2) is 6.28. The van der Waals surface area contributed by atoms with Crippen molar-refractivity contribution in [1.82, 2.24) is 4.90 Å². The highest BCUT2D eigenvalue weighted by Crippen LogP contribution is 2.42. The molecule has 2 atom stereocenters. The number of hydrogen-bond acceptors (Lipinski definition) is 2. The highest BCUT2D eigenvalue weighted by Gasteiger charge is 2.43. The molecular weight excluding hydrogens is 262 g/mol. The number of carbonyl (C=O) groups is 1. The van der Waals surface area contributed by atoms with Crippen LogP contribution in [0.4, 0.5) is 0 Å². The Morgan fingerprint density at radius 1 is 1.10 bits per heavy atom. The van der Waals surface area contributed by atoms with Crippen molar-refractivity contribution in [3.8, 4) is 0 Å². The van der Waals surface area contributed by atoms with E-state index in [4.69, 9.17) is 0 Å². The first-order valence-electron chi connectivity index (χ1n) is 9.05. The fourth-order valence-corrected chi connectivity index (χ4v) is 5.00. The van der Waals surface area contributed by atoms with Gasteiger partial charge in [-0.15, -0.1) is 0 Å². The van der Waals surface area contributed by atoms with Crippen LogP contribution in [0.2, 0.25) is 0 Å². The fourth-order valence-electron chi connectivity index (χ4n) is 5.00. The summed E-state index contributed by atoms with van der Waals surface area (Å²) in [6.45, 7) is 5.36. The Morgan fingerprint density at radius 3 is 2.43 bits per heavy atom. The summed E-state index contributed by atoms with van der Waals surface area (Å²) in [6.07, 6.45) is 10.8. The summed E-state index contributed by atoms with van der Waals surface area (Å²) in [7, 11) is 0. The summed E-state index contributed by atoms with van der Waals surface area (Å²) < 4.78 is 0. The molecule has 0 spiro atoms. The topological polar surface area (TPSA) is 40.5 Å². The average molecular weight is 293 g/mol. The zero-order valence-electron chi connectivity index (χ0n) is 13.5. The van der Waals surface area contributed by atoms with Crippen molar-refractivity contribution >= 4 is 5.97 Å². The van der Waals surface area contributed by atoms with Crippen LogP contribution in [0.3, 0.4) is 0 Å². The minimum atomic E-state index is -0.542. The van der Waals surface area contributed by atoms with Crippen molar-refractivity contribution in [2.24, 2.45) is 23.2 Å². The maximum atomic E-state index is 11.9. The summed E-state index contributed by atoms with van der Waals surface area (Å²) in [5, 5.41) is 9.81. The third-order valence-corrected chi connectivity index (χ3v) is 6.59. The highest BCUT2D eigenvalue weighted by molar-refractivity contribution is 5.75. The van der Waals surface area contributed by atoms with Gasteiger partial charge in [-0.1, -0.05) is 26.2 Å². The molecule has 1 aliphatic heterocycles. The average Bonchev–Trinajstić information content (AvgIpc) is 2.49. The normalized spacial score (nSPS) is 41.5. The second-order valence-electron chi connectivity index (χ2n) is 8.10. The molecule has 0 aromatic heterocycles. The molecule has 0 aromatic rings. The van der Waals surface area contributed by atoms with Gasteiger partial charge in [0.2, 0.25) is 0 Å². The van der Waals surface area contributed by atoms with Crippen LogP contribution >= 0.6 is 0 Å². The smallest absolute Gasteiger partial charge is 0.310 e.